The molecule has 0 amide bonds. The molecular weight excluding hydrogens is 531 g/mol. The molecule has 9 heteroatoms. The van der Waals surface area contributed by atoms with Crippen LogP contribution in [-0.2, 0) is 6.42 Å². The third kappa shape index (κ3) is 6.13. The molecule has 30 heavy (non-hydrogen) atoms. The van der Waals surface area contributed by atoms with Crippen LogP contribution in [0.2, 0.25) is 5.02 Å². The van der Waals surface area contributed by atoms with E-state index in [4.69, 9.17) is 16.6 Å². The van der Waals surface area contributed by atoms with E-state index in [0.717, 1.165) is 62.2 Å². The van der Waals surface area contributed by atoms with E-state index >= 15 is 0 Å². The van der Waals surface area contributed by atoms with Gasteiger partial charge < -0.3 is 20.4 Å². The van der Waals surface area contributed by atoms with Crippen LogP contribution in [0.1, 0.15) is 25.0 Å². The second-order valence-corrected chi connectivity index (χ2v) is 8.89. The lowest BCUT2D eigenvalue weighted by Crippen LogP contribution is -2.45. The molecule has 0 spiro atoms. The van der Waals surface area contributed by atoms with E-state index in [0.29, 0.717) is 6.04 Å². The Kier molecular flexibility index (Phi) is 8.88. The number of aromatic nitrogens is 1. The molecule has 164 valence electrons. The van der Waals surface area contributed by atoms with E-state index in [1.807, 2.05) is 25.2 Å². The molecular formula is C21H30ClIN6S. The Morgan fingerprint density at radius 3 is 2.87 bits per heavy atom. The summed E-state index contributed by atoms with van der Waals surface area (Å²) in [4.78, 5) is 14.0. The normalized spacial score (nSPS) is 19.1. The largest absolute Gasteiger partial charge is 0.369 e. The predicted molar refractivity (Wildman–Crippen MR) is 139 cm³/mol. The van der Waals surface area contributed by atoms with Crippen LogP contribution in [0.3, 0.4) is 0 Å². The number of thiazole rings is 1. The molecule has 4 rings (SSSR count). The number of aliphatic imine (C=N–C) groups is 1. The number of anilines is 2. The molecule has 1 unspecified atom stereocenters. The van der Waals surface area contributed by atoms with E-state index in [2.05, 4.69) is 36.9 Å². The quantitative estimate of drug-likeness (QED) is 0.318. The Balaban J connectivity index is 0.00000256. The van der Waals surface area contributed by atoms with Crippen molar-refractivity contribution < 1.29 is 0 Å². The minimum Gasteiger partial charge on any atom is -0.369 e. The van der Waals surface area contributed by atoms with Crippen LogP contribution in [0.25, 0.3) is 0 Å². The average Bonchev–Trinajstić information content (AvgIpc) is 3.48. The Morgan fingerprint density at radius 2 is 2.10 bits per heavy atom. The number of hydrogen-bond donors (Lipinski definition) is 2. The van der Waals surface area contributed by atoms with Gasteiger partial charge in [0.05, 0.1) is 5.69 Å². The molecule has 2 aromatic rings. The van der Waals surface area contributed by atoms with Crippen molar-refractivity contribution in [2.24, 2.45) is 4.99 Å². The lowest BCUT2D eigenvalue weighted by atomic mass is 10.2. The van der Waals surface area contributed by atoms with Crippen LogP contribution < -0.4 is 20.4 Å². The van der Waals surface area contributed by atoms with Crippen molar-refractivity contribution in [3.05, 3.63) is 40.4 Å². The molecule has 2 fully saturated rings. The highest BCUT2D eigenvalue weighted by Crippen LogP contribution is 2.25. The topological polar surface area (TPSA) is 55.8 Å². The molecule has 0 saturated carbocycles. The highest BCUT2D eigenvalue weighted by atomic mass is 127. The molecule has 1 atom stereocenters. The van der Waals surface area contributed by atoms with Crippen LogP contribution in [0.4, 0.5) is 10.8 Å². The molecule has 1 aromatic carbocycles. The maximum absolute atomic E-state index is 6.13. The Morgan fingerprint density at radius 1 is 1.27 bits per heavy atom. The SMILES string of the molecule is CN=C(NCCc1csc(N2CCCC2)n1)NC1CCN(c2cccc(Cl)c2)C1.I. The molecule has 2 saturated heterocycles. The first-order valence-corrected chi connectivity index (χ1v) is 11.6. The maximum Gasteiger partial charge on any atom is 0.191 e. The van der Waals surface area contributed by atoms with Gasteiger partial charge in [-0.3, -0.25) is 4.99 Å². The second-order valence-electron chi connectivity index (χ2n) is 7.62. The molecule has 3 heterocycles. The van der Waals surface area contributed by atoms with Crippen LogP contribution in [0.15, 0.2) is 34.6 Å². The van der Waals surface area contributed by atoms with Gasteiger partial charge in [-0.25, -0.2) is 4.98 Å². The van der Waals surface area contributed by atoms with Gasteiger partial charge in [0, 0.05) is 68.3 Å². The van der Waals surface area contributed by atoms with E-state index in [1.165, 1.54) is 23.7 Å². The van der Waals surface area contributed by atoms with Gasteiger partial charge >= 0.3 is 0 Å². The predicted octanol–water partition coefficient (Wildman–Crippen LogP) is 4.00. The highest BCUT2D eigenvalue weighted by Gasteiger charge is 2.23. The fraction of sp³-hybridized carbons (Fsp3) is 0.524. The zero-order chi connectivity index (χ0) is 20.1. The fourth-order valence-electron chi connectivity index (χ4n) is 3.95. The van der Waals surface area contributed by atoms with Crippen molar-refractivity contribution in [3.63, 3.8) is 0 Å². The lowest BCUT2D eigenvalue weighted by Gasteiger charge is -2.20. The van der Waals surface area contributed by atoms with Gasteiger partial charge in [-0.2, -0.15) is 0 Å². The highest BCUT2D eigenvalue weighted by molar-refractivity contribution is 14.0. The van der Waals surface area contributed by atoms with Gasteiger partial charge in [-0.15, -0.1) is 35.3 Å². The minimum absolute atomic E-state index is 0. The zero-order valence-corrected chi connectivity index (χ0v) is 21.2. The number of nitrogens with one attached hydrogen (secondary N) is 2. The van der Waals surface area contributed by atoms with Crippen LogP contribution in [0, 0.1) is 0 Å². The van der Waals surface area contributed by atoms with E-state index in [9.17, 15) is 0 Å². The fourth-order valence-corrected chi connectivity index (χ4v) is 5.05. The number of halogens is 2. The summed E-state index contributed by atoms with van der Waals surface area (Å²) in [6.07, 6.45) is 4.56. The van der Waals surface area contributed by atoms with Gasteiger partial charge in [0.25, 0.3) is 0 Å². The minimum atomic E-state index is 0. The number of guanidine groups is 1. The summed E-state index contributed by atoms with van der Waals surface area (Å²) < 4.78 is 0. The second kappa shape index (κ2) is 11.4. The van der Waals surface area contributed by atoms with Crippen LogP contribution in [0.5, 0.6) is 0 Å². The van der Waals surface area contributed by atoms with Crippen molar-refractivity contribution in [1.82, 2.24) is 15.6 Å². The molecule has 0 aliphatic carbocycles. The molecule has 0 radical (unpaired) electrons. The number of benzene rings is 1. The first kappa shape index (κ1) is 23.4. The summed E-state index contributed by atoms with van der Waals surface area (Å²) in [7, 11) is 1.83. The van der Waals surface area contributed by atoms with E-state index in [1.54, 1.807) is 11.3 Å². The van der Waals surface area contributed by atoms with Crippen molar-refractivity contribution in [1.29, 1.82) is 0 Å². The summed E-state index contributed by atoms with van der Waals surface area (Å²) >= 11 is 7.90. The molecule has 2 aliphatic rings. The first-order valence-electron chi connectivity index (χ1n) is 10.4. The van der Waals surface area contributed by atoms with Crippen LogP contribution in [-0.4, -0.2) is 56.8 Å². The summed E-state index contributed by atoms with van der Waals surface area (Å²) in [5.41, 5.74) is 2.34. The number of nitrogens with zero attached hydrogens (tertiary/aromatic N) is 4. The molecule has 0 bridgehead atoms. The molecule has 2 N–H and O–H groups in total. The van der Waals surface area contributed by atoms with E-state index < -0.39 is 0 Å². The summed E-state index contributed by atoms with van der Waals surface area (Å²) in [5.74, 6) is 0.859. The summed E-state index contributed by atoms with van der Waals surface area (Å²) in [6, 6.07) is 8.44. The van der Waals surface area contributed by atoms with Crippen LogP contribution >= 0.6 is 46.9 Å². The monoisotopic (exact) mass is 560 g/mol. The van der Waals surface area contributed by atoms with Gasteiger partial charge in [0.1, 0.15) is 0 Å². The zero-order valence-electron chi connectivity index (χ0n) is 17.3. The van der Waals surface area contributed by atoms with Crippen molar-refractivity contribution in [3.8, 4) is 0 Å². The summed E-state index contributed by atoms with van der Waals surface area (Å²) in [5, 5.41) is 11.1. The number of hydrogen-bond acceptors (Lipinski definition) is 5. The lowest BCUT2D eigenvalue weighted by molar-refractivity contribution is 0.648. The van der Waals surface area contributed by atoms with Gasteiger partial charge in [0.2, 0.25) is 0 Å². The van der Waals surface area contributed by atoms with Gasteiger partial charge in [-0.1, -0.05) is 17.7 Å². The van der Waals surface area contributed by atoms with Gasteiger partial charge in [-0.05, 0) is 37.5 Å². The maximum atomic E-state index is 6.13. The van der Waals surface area contributed by atoms with Crippen molar-refractivity contribution >= 4 is 63.7 Å². The Bertz CT molecular complexity index is 838. The third-order valence-electron chi connectivity index (χ3n) is 5.52. The average molecular weight is 561 g/mol. The third-order valence-corrected chi connectivity index (χ3v) is 6.70. The van der Waals surface area contributed by atoms with E-state index in [-0.39, 0.29) is 24.0 Å². The van der Waals surface area contributed by atoms with Crippen molar-refractivity contribution in [2.45, 2.75) is 31.7 Å². The smallest absolute Gasteiger partial charge is 0.191 e. The molecule has 6 nitrogen and oxygen atoms in total. The first-order chi connectivity index (χ1) is 14.2. The number of rotatable bonds is 6. The molecule has 1 aromatic heterocycles. The van der Waals surface area contributed by atoms with Crippen molar-refractivity contribution in [2.75, 3.05) is 49.6 Å². The van der Waals surface area contributed by atoms with Gasteiger partial charge in [0.15, 0.2) is 11.1 Å². The Hall–Kier alpha value is -1.26. The summed E-state index contributed by atoms with van der Waals surface area (Å²) in [6.45, 7) is 5.09. The Labute approximate surface area is 205 Å². The molecule has 2 aliphatic heterocycles. The standard InChI is InChI=1S/C21H29ClN6S.HI/c1-23-20(24-9-7-18-15-29-21(26-18)27-10-2-3-11-27)25-17-8-12-28(14-17)19-6-4-5-16(22)13-19;/h4-6,13,15,17H,2-3,7-12,14H2,1H3,(H2,23,24,25);1H.